The van der Waals surface area contributed by atoms with E-state index in [0.717, 1.165) is 5.56 Å². The molecule has 0 heterocycles. The van der Waals surface area contributed by atoms with Gasteiger partial charge >= 0.3 is 0 Å². The Labute approximate surface area is 71.6 Å². The number of hydrogen-bond acceptors (Lipinski definition) is 3. The monoisotopic (exact) mass is 161 g/mol. The van der Waals surface area contributed by atoms with Gasteiger partial charge in [0, 0.05) is 12.6 Å². The smallest absolute Gasteiger partial charge is 0.0995 e. The van der Waals surface area contributed by atoms with Crippen LogP contribution >= 0.6 is 0 Å². The van der Waals surface area contributed by atoms with Crippen LogP contribution in [0.1, 0.15) is 17.2 Å². The number of nitrogens with two attached hydrogens (primary N) is 2. The SMILES string of the molecule is N#Cc1ccccc1[C@H](N)CN. The summed E-state index contributed by atoms with van der Waals surface area (Å²) in [5.74, 6) is 0. The third kappa shape index (κ3) is 1.62. The minimum Gasteiger partial charge on any atom is -0.329 e. The van der Waals surface area contributed by atoms with Crippen molar-refractivity contribution in [3.8, 4) is 6.07 Å². The molecule has 0 saturated heterocycles. The molecule has 1 rings (SSSR count). The first-order chi connectivity index (χ1) is 5.79. The lowest BCUT2D eigenvalue weighted by Gasteiger charge is -2.09. The first-order valence-electron chi connectivity index (χ1n) is 3.74. The van der Waals surface area contributed by atoms with E-state index in [-0.39, 0.29) is 6.04 Å². The second kappa shape index (κ2) is 3.86. The number of hydrogen-bond donors (Lipinski definition) is 2. The molecule has 0 unspecified atom stereocenters. The predicted molar refractivity (Wildman–Crippen MR) is 47.1 cm³/mol. The van der Waals surface area contributed by atoms with Gasteiger partial charge < -0.3 is 11.5 Å². The van der Waals surface area contributed by atoms with Crippen molar-refractivity contribution in [2.75, 3.05) is 6.54 Å². The van der Waals surface area contributed by atoms with Crippen LogP contribution in [0.15, 0.2) is 24.3 Å². The van der Waals surface area contributed by atoms with Crippen molar-refractivity contribution in [3.05, 3.63) is 35.4 Å². The zero-order chi connectivity index (χ0) is 8.97. The van der Waals surface area contributed by atoms with Gasteiger partial charge in [0.25, 0.3) is 0 Å². The van der Waals surface area contributed by atoms with Crippen LogP contribution in [-0.4, -0.2) is 6.54 Å². The molecule has 0 amide bonds. The van der Waals surface area contributed by atoms with Gasteiger partial charge in [-0.05, 0) is 11.6 Å². The van der Waals surface area contributed by atoms with Gasteiger partial charge in [0.1, 0.15) is 0 Å². The molecular formula is C9H11N3. The van der Waals surface area contributed by atoms with Gasteiger partial charge in [0.15, 0.2) is 0 Å². The molecule has 0 radical (unpaired) electrons. The zero-order valence-corrected chi connectivity index (χ0v) is 6.70. The molecule has 1 aromatic carbocycles. The maximum Gasteiger partial charge on any atom is 0.0995 e. The van der Waals surface area contributed by atoms with E-state index in [1.807, 2.05) is 18.2 Å². The molecule has 4 N–H and O–H groups in total. The largest absolute Gasteiger partial charge is 0.329 e. The van der Waals surface area contributed by atoms with Gasteiger partial charge in [-0.2, -0.15) is 5.26 Å². The Bertz CT molecular complexity index is 301. The summed E-state index contributed by atoms with van der Waals surface area (Å²) in [4.78, 5) is 0. The van der Waals surface area contributed by atoms with Crippen molar-refractivity contribution in [1.29, 1.82) is 5.26 Å². The minimum absolute atomic E-state index is 0.235. The van der Waals surface area contributed by atoms with Crippen molar-refractivity contribution >= 4 is 0 Å². The molecule has 0 aromatic heterocycles. The molecule has 1 atom stereocenters. The highest BCUT2D eigenvalue weighted by molar-refractivity contribution is 5.39. The van der Waals surface area contributed by atoms with E-state index in [4.69, 9.17) is 16.7 Å². The molecule has 0 aliphatic rings. The molecule has 0 saturated carbocycles. The van der Waals surface area contributed by atoms with Crippen LogP contribution in [0.25, 0.3) is 0 Å². The highest BCUT2D eigenvalue weighted by Crippen LogP contribution is 2.13. The molecule has 0 aliphatic heterocycles. The molecule has 3 nitrogen and oxygen atoms in total. The van der Waals surface area contributed by atoms with Crippen molar-refractivity contribution in [3.63, 3.8) is 0 Å². The Morgan fingerprint density at radius 3 is 2.67 bits per heavy atom. The van der Waals surface area contributed by atoms with Gasteiger partial charge in [-0.15, -0.1) is 0 Å². The van der Waals surface area contributed by atoms with Crippen molar-refractivity contribution < 1.29 is 0 Å². The molecule has 1 aromatic rings. The van der Waals surface area contributed by atoms with Crippen LogP contribution < -0.4 is 11.5 Å². The molecule has 0 spiro atoms. The maximum absolute atomic E-state index is 8.72. The Morgan fingerprint density at radius 1 is 1.42 bits per heavy atom. The van der Waals surface area contributed by atoms with Crippen LogP contribution in [0.3, 0.4) is 0 Å². The Balaban J connectivity index is 3.07. The van der Waals surface area contributed by atoms with E-state index in [9.17, 15) is 0 Å². The van der Waals surface area contributed by atoms with Crippen LogP contribution in [0, 0.1) is 11.3 Å². The summed E-state index contributed by atoms with van der Waals surface area (Å²) in [6.07, 6.45) is 0. The fraction of sp³-hybridized carbons (Fsp3) is 0.222. The predicted octanol–water partition coefficient (Wildman–Crippen LogP) is 0.517. The fourth-order valence-corrected chi connectivity index (χ4v) is 1.05. The third-order valence-corrected chi connectivity index (χ3v) is 1.73. The van der Waals surface area contributed by atoms with E-state index in [1.54, 1.807) is 6.07 Å². The second-order valence-corrected chi connectivity index (χ2v) is 2.54. The van der Waals surface area contributed by atoms with E-state index < -0.39 is 0 Å². The number of rotatable bonds is 2. The third-order valence-electron chi connectivity index (χ3n) is 1.73. The van der Waals surface area contributed by atoms with Gasteiger partial charge in [0.2, 0.25) is 0 Å². The van der Waals surface area contributed by atoms with Gasteiger partial charge in [0.05, 0.1) is 11.6 Å². The fourth-order valence-electron chi connectivity index (χ4n) is 1.05. The summed E-state index contributed by atoms with van der Waals surface area (Å²) in [5, 5.41) is 8.72. The first kappa shape index (κ1) is 8.72. The van der Waals surface area contributed by atoms with Crippen molar-refractivity contribution in [2.24, 2.45) is 11.5 Å². The average Bonchev–Trinajstić information content (AvgIpc) is 2.16. The zero-order valence-electron chi connectivity index (χ0n) is 6.70. The Hall–Kier alpha value is -1.37. The average molecular weight is 161 g/mol. The number of nitrogens with zero attached hydrogens (tertiary/aromatic N) is 1. The van der Waals surface area contributed by atoms with Crippen LogP contribution in [0.5, 0.6) is 0 Å². The number of benzene rings is 1. The summed E-state index contributed by atoms with van der Waals surface area (Å²) in [5.41, 5.74) is 12.5. The minimum atomic E-state index is -0.235. The molecule has 12 heavy (non-hydrogen) atoms. The van der Waals surface area contributed by atoms with Crippen molar-refractivity contribution in [1.82, 2.24) is 0 Å². The lowest BCUT2D eigenvalue weighted by Crippen LogP contribution is -2.21. The van der Waals surface area contributed by atoms with E-state index in [2.05, 4.69) is 6.07 Å². The quantitative estimate of drug-likeness (QED) is 0.663. The lowest BCUT2D eigenvalue weighted by atomic mass is 10.0. The molecule has 0 aliphatic carbocycles. The summed E-state index contributed by atoms with van der Waals surface area (Å²) in [7, 11) is 0. The van der Waals surface area contributed by atoms with E-state index in [1.165, 1.54) is 0 Å². The van der Waals surface area contributed by atoms with Gasteiger partial charge in [-0.25, -0.2) is 0 Å². The van der Waals surface area contributed by atoms with Gasteiger partial charge in [-0.3, -0.25) is 0 Å². The second-order valence-electron chi connectivity index (χ2n) is 2.54. The summed E-state index contributed by atoms with van der Waals surface area (Å²) in [6, 6.07) is 9.07. The standard InChI is InChI=1S/C9H11N3/c10-5-7-3-1-2-4-8(7)9(12)6-11/h1-4,9H,6,11-12H2/t9-/m1/s1. The topological polar surface area (TPSA) is 75.8 Å². The molecular weight excluding hydrogens is 150 g/mol. The highest BCUT2D eigenvalue weighted by atomic mass is 14.7. The van der Waals surface area contributed by atoms with E-state index >= 15 is 0 Å². The lowest BCUT2D eigenvalue weighted by molar-refractivity contribution is 0.735. The van der Waals surface area contributed by atoms with Crippen molar-refractivity contribution in [2.45, 2.75) is 6.04 Å². The Morgan fingerprint density at radius 2 is 2.08 bits per heavy atom. The van der Waals surface area contributed by atoms with Crippen LogP contribution in [0.4, 0.5) is 0 Å². The maximum atomic E-state index is 8.72. The summed E-state index contributed by atoms with van der Waals surface area (Å²) >= 11 is 0. The molecule has 3 heteroatoms. The molecule has 0 bridgehead atoms. The van der Waals surface area contributed by atoms with Gasteiger partial charge in [-0.1, -0.05) is 18.2 Å². The van der Waals surface area contributed by atoms with E-state index in [0.29, 0.717) is 12.1 Å². The normalized spacial score (nSPS) is 12.1. The molecule has 0 fully saturated rings. The van der Waals surface area contributed by atoms with Crippen LogP contribution in [0.2, 0.25) is 0 Å². The van der Waals surface area contributed by atoms with Crippen LogP contribution in [-0.2, 0) is 0 Å². The first-order valence-corrected chi connectivity index (χ1v) is 3.74. The Kier molecular flexibility index (Phi) is 2.81. The highest BCUT2D eigenvalue weighted by Gasteiger charge is 2.07. The molecule has 62 valence electrons. The summed E-state index contributed by atoms with van der Waals surface area (Å²) in [6.45, 7) is 0.360. The number of nitriles is 1. The summed E-state index contributed by atoms with van der Waals surface area (Å²) < 4.78 is 0.